The summed E-state index contributed by atoms with van der Waals surface area (Å²) in [6.07, 6.45) is 0. The van der Waals surface area contributed by atoms with E-state index in [0.717, 1.165) is 10.8 Å². The van der Waals surface area contributed by atoms with Gasteiger partial charge in [-0.2, -0.15) is 0 Å². The Morgan fingerprint density at radius 3 is 2.70 bits per heavy atom. The number of esters is 1. The number of aromatic nitrogens is 2. The van der Waals surface area contributed by atoms with Crippen LogP contribution in [-0.4, -0.2) is 16.2 Å². The molecule has 0 saturated carbocycles. The van der Waals surface area contributed by atoms with Gasteiger partial charge >= 0.3 is 5.97 Å². The van der Waals surface area contributed by atoms with Gasteiger partial charge in [0.1, 0.15) is 0 Å². The van der Waals surface area contributed by atoms with Crippen LogP contribution in [0.15, 0.2) is 46.9 Å². The number of hydrogen-bond acceptors (Lipinski definition) is 5. The van der Waals surface area contributed by atoms with Crippen molar-refractivity contribution in [2.24, 2.45) is 0 Å². The molecule has 0 radical (unpaired) electrons. The fourth-order valence-corrected chi connectivity index (χ4v) is 1.92. The minimum atomic E-state index is -0.411. The molecule has 0 bridgehead atoms. The van der Waals surface area contributed by atoms with Crippen LogP contribution < -0.4 is 0 Å². The van der Waals surface area contributed by atoms with Gasteiger partial charge in [-0.25, -0.2) is 4.79 Å². The molecule has 20 heavy (non-hydrogen) atoms. The molecule has 3 aromatic rings. The number of carbonyl (C=O) groups excluding carboxylic acids is 1. The van der Waals surface area contributed by atoms with Crippen LogP contribution >= 0.6 is 0 Å². The first-order valence-corrected chi connectivity index (χ1v) is 6.17. The molecule has 1 heterocycles. The molecular formula is C15H12N2O3. The van der Waals surface area contributed by atoms with Crippen molar-refractivity contribution in [3.05, 3.63) is 59.8 Å². The van der Waals surface area contributed by atoms with Crippen molar-refractivity contribution in [3.8, 4) is 0 Å². The Bertz CT molecular complexity index is 764. The first-order valence-electron chi connectivity index (χ1n) is 6.17. The van der Waals surface area contributed by atoms with Crippen LogP contribution in [0.4, 0.5) is 0 Å². The summed E-state index contributed by atoms with van der Waals surface area (Å²) < 4.78 is 10.3. The van der Waals surface area contributed by atoms with Crippen LogP contribution in [0, 0.1) is 6.92 Å². The molecule has 1 aromatic heterocycles. The maximum atomic E-state index is 12.0. The molecule has 0 aliphatic heterocycles. The van der Waals surface area contributed by atoms with E-state index in [2.05, 4.69) is 10.2 Å². The van der Waals surface area contributed by atoms with Crippen LogP contribution in [0.5, 0.6) is 0 Å². The number of rotatable bonds is 3. The average molecular weight is 268 g/mol. The first-order chi connectivity index (χ1) is 9.72. The quantitative estimate of drug-likeness (QED) is 0.683. The van der Waals surface area contributed by atoms with Crippen molar-refractivity contribution in [1.29, 1.82) is 0 Å². The summed E-state index contributed by atoms with van der Waals surface area (Å²) >= 11 is 0. The highest BCUT2D eigenvalue weighted by molar-refractivity contribution is 5.95. The van der Waals surface area contributed by atoms with E-state index in [4.69, 9.17) is 9.15 Å². The highest BCUT2D eigenvalue weighted by Gasteiger charge is 2.10. The van der Waals surface area contributed by atoms with E-state index in [1.54, 1.807) is 19.1 Å². The Labute approximate surface area is 115 Å². The molecule has 0 spiro atoms. The van der Waals surface area contributed by atoms with E-state index in [-0.39, 0.29) is 12.5 Å². The summed E-state index contributed by atoms with van der Waals surface area (Å²) in [4.78, 5) is 12.0. The maximum Gasteiger partial charge on any atom is 0.338 e. The van der Waals surface area contributed by atoms with Crippen molar-refractivity contribution >= 4 is 16.7 Å². The molecule has 0 unspecified atom stereocenters. The van der Waals surface area contributed by atoms with E-state index < -0.39 is 5.97 Å². The molecule has 0 aliphatic carbocycles. The van der Waals surface area contributed by atoms with Crippen molar-refractivity contribution in [2.75, 3.05) is 0 Å². The van der Waals surface area contributed by atoms with Crippen molar-refractivity contribution < 1.29 is 13.9 Å². The number of carbonyl (C=O) groups is 1. The molecule has 0 fully saturated rings. The lowest BCUT2D eigenvalue weighted by Crippen LogP contribution is -2.05. The monoisotopic (exact) mass is 268 g/mol. The maximum absolute atomic E-state index is 12.0. The largest absolute Gasteiger partial charge is 0.452 e. The third-order valence-corrected chi connectivity index (χ3v) is 2.88. The number of benzene rings is 2. The molecule has 5 nitrogen and oxygen atoms in total. The second-order valence-corrected chi connectivity index (χ2v) is 4.35. The third kappa shape index (κ3) is 2.51. The number of aryl methyl sites for hydroxylation is 1. The predicted molar refractivity (Wildman–Crippen MR) is 72.1 cm³/mol. The zero-order valence-electron chi connectivity index (χ0n) is 10.9. The molecule has 5 heteroatoms. The van der Waals surface area contributed by atoms with Crippen LogP contribution in [0.2, 0.25) is 0 Å². The smallest absolute Gasteiger partial charge is 0.338 e. The highest BCUT2D eigenvalue weighted by Crippen LogP contribution is 2.16. The zero-order chi connectivity index (χ0) is 13.9. The van der Waals surface area contributed by atoms with Crippen LogP contribution in [0.1, 0.15) is 22.1 Å². The molecule has 2 aromatic carbocycles. The lowest BCUT2D eigenvalue weighted by atomic mass is 10.1. The fourth-order valence-electron chi connectivity index (χ4n) is 1.92. The van der Waals surface area contributed by atoms with E-state index >= 15 is 0 Å². The van der Waals surface area contributed by atoms with Gasteiger partial charge in [0.15, 0.2) is 6.61 Å². The van der Waals surface area contributed by atoms with Crippen molar-refractivity contribution in [1.82, 2.24) is 10.2 Å². The average Bonchev–Trinajstić information content (AvgIpc) is 2.90. The third-order valence-electron chi connectivity index (χ3n) is 2.88. The minimum absolute atomic E-state index is 0.0213. The fraction of sp³-hybridized carbons (Fsp3) is 0.133. The van der Waals surface area contributed by atoms with Gasteiger partial charge in [-0.3, -0.25) is 0 Å². The Hall–Kier alpha value is -2.69. The Balaban J connectivity index is 1.75. The van der Waals surface area contributed by atoms with E-state index in [1.165, 1.54) is 0 Å². The SMILES string of the molecule is Cc1nnc(COC(=O)c2ccc3ccccc3c2)o1. The molecule has 0 saturated heterocycles. The molecule has 0 N–H and O–H groups in total. The number of hydrogen-bond donors (Lipinski definition) is 0. The summed E-state index contributed by atoms with van der Waals surface area (Å²) in [5.41, 5.74) is 0.500. The zero-order valence-corrected chi connectivity index (χ0v) is 10.9. The van der Waals surface area contributed by atoms with Gasteiger partial charge in [-0.05, 0) is 22.9 Å². The van der Waals surface area contributed by atoms with Gasteiger partial charge in [-0.1, -0.05) is 30.3 Å². The number of nitrogens with zero attached hydrogens (tertiary/aromatic N) is 2. The molecule has 0 amide bonds. The van der Waals surface area contributed by atoms with Crippen molar-refractivity contribution in [3.63, 3.8) is 0 Å². The Kier molecular flexibility index (Phi) is 3.16. The molecular weight excluding hydrogens is 256 g/mol. The molecule has 100 valence electrons. The van der Waals surface area contributed by atoms with Crippen molar-refractivity contribution in [2.45, 2.75) is 13.5 Å². The van der Waals surface area contributed by atoms with E-state index in [9.17, 15) is 4.79 Å². The number of fused-ring (bicyclic) bond motifs is 1. The standard InChI is InChI=1S/C15H12N2O3/c1-10-16-17-14(20-10)9-19-15(18)13-7-6-11-4-2-3-5-12(11)8-13/h2-8H,9H2,1H3. The summed E-state index contributed by atoms with van der Waals surface area (Å²) in [6.45, 7) is 1.66. The van der Waals surface area contributed by atoms with E-state index in [0.29, 0.717) is 11.5 Å². The van der Waals surface area contributed by atoms with E-state index in [1.807, 2.05) is 30.3 Å². The van der Waals surface area contributed by atoms with Gasteiger partial charge in [0.2, 0.25) is 5.89 Å². The lowest BCUT2D eigenvalue weighted by molar-refractivity contribution is 0.0437. The topological polar surface area (TPSA) is 65.2 Å². The molecule has 3 rings (SSSR count). The first kappa shape index (κ1) is 12.3. The predicted octanol–water partition coefficient (Wildman–Crippen LogP) is 2.89. The summed E-state index contributed by atoms with van der Waals surface area (Å²) in [5.74, 6) is 0.324. The second kappa shape index (κ2) is 5.13. The number of ether oxygens (including phenoxy) is 1. The van der Waals surface area contributed by atoms with Gasteiger partial charge in [-0.15, -0.1) is 10.2 Å². The highest BCUT2D eigenvalue weighted by atomic mass is 16.5. The normalized spacial score (nSPS) is 10.7. The van der Waals surface area contributed by atoms with Crippen LogP contribution in [0.3, 0.4) is 0 Å². The Morgan fingerprint density at radius 2 is 1.95 bits per heavy atom. The molecule has 0 atom stereocenters. The van der Waals surface area contributed by atoms with Gasteiger partial charge in [0, 0.05) is 6.92 Å². The second-order valence-electron chi connectivity index (χ2n) is 4.35. The van der Waals surface area contributed by atoms with Crippen LogP contribution in [0.25, 0.3) is 10.8 Å². The summed E-state index contributed by atoms with van der Waals surface area (Å²) in [6, 6.07) is 13.3. The molecule has 0 aliphatic rings. The van der Waals surface area contributed by atoms with Gasteiger partial charge < -0.3 is 9.15 Å². The summed E-state index contributed by atoms with van der Waals surface area (Å²) in [5, 5.41) is 9.51. The van der Waals surface area contributed by atoms with Gasteiger partial charge in [0.25, 0.3) is 5.89 Å². The van der Waals surface area contributed by atoms with Crippen LogP contribution in [-0.2, 0) is 11.3 Å². The minimum Gasteiger partial charge on any atom is -0.452 e. The summed E-state index contributed by atoms with van der Waals surface area (Å²) in [7, 11) is 0. The lowest BCUT2D eigenvalue weighted by Gasteiger charge is -2.03. The Morgan fingerprint density at radius 1 is 1.15 bits per heavy atom. The van der Waals surface area contributed by atoms with Gasteiger partial charge in [0.05, 0.1) is 5.56 Å².